The minimum Gasteiger partial charge on any atom is -0.411 e. The first kappa shape index (κ1) is 13.8. The van der Waals surface area contributed by atoms with E-state index in [0.717, 1.165) is 30.5 Å². The molecule has 2 nitrogen and oxygen atoms in total. The monoisotopic (exact) mass is 269 g/mol. The normalized spacial score (nSPS) is 15.4. The zero-order valence-corrected chi connectivity index (χ0v) is 10.6. The van der Waals surface area contributed by atoms with Crippen LogP contribution < -0.4 is 0 Å². The van der Waals surface area contributed by atoms with Crippen LogP contribution in [0.1, 0.15) is 24.0 Å². The molecule has 3 heteroatoms. The molecule has 1 N–H and O–H groups in total. The summed E-state index contributed by atoms with van der Waals surface area (Å²) in [7, 11) is 0. The van der Waals surface area contributed by atoms with Crippen LogP contribution in [0.3, 0.4) is 0 Å². The predicted octanol–water partition coefficient (Wildman–Crippen LogP) is 3.32. The molecular weight excluding hydrogens is 254 g/mol. The van der Waals surface area contributed by atoms with Crippen LogP contribution in [0.15, 0.2) is 53.7 Å². The molecule has 1 aliphatic rings. The van der Waals surface area contributed by atoms with Crippen molar-refractivity contribution in [2.75, 3.05) is 0 Å². The second kappa shape index (κ2) is 7.10. The van der Waals surface area contributed by atoms with E-state index in [-0.39, 0.29) is 17.1 Å². The SMILES string of the molecule is O/N=C1/CCCc2ccc[c-]21.[Fe].c1cc[cH-]c1. The van der Waals surface area contributed by atoms with Crippen LogP contribution in [0.4, 0.5) is 0 Å². The molecule has 0 amide bonds. The van der Waals surface area contributed by atoms with E-state index in [4.69, 9.17) is 5.21 Å². The number of hydrogen-bond acceptors (Lipinski definition) is 2. The van der Waals surface area contributed by atoms with E-state index >= 15 is 0 Å². The molecule has 0 fully saturated rings. The average Bonchev–Trinajstić information content (AvgIpc) is 3.01. The van der Waals surface area contributed by atoms with Gasteiger partial charge in [0.15, 0.2) is 0 Å². The van der Waals surface area contributed by atoms with Crippen molar-refractivity contribution in [3.05, 3.63) is 59.7 Å². The molecule has 0 saturated heterocycles. The fraction of sp³-hybridized carbons (Fsp3) is 0.214. The Labute approximate surface area is 112 Å². The van der Waals surface area contributed by atoms with Gasteiger partial charge in [0.25, 0.3) is 0 Å². The first-order chi connectivity index (χ1) is 7.92. The summed E-state index contributed by atoms with van der Waals surface area (Å²) in [6, 6.07) is 16.1. The van der Waals surface area contributed by atoms with Crippen LogP contribution in [0, 0.1) is 0 Å². The van der Waals surface area contributed by atoms with Gasteiger partial charge in [0.05, 0.1) is 0 Å². The Morgan fingerprint density at radius 2 is 1.94 bits per heavy atom. The number of rotatable bonds is 0. The number of fused-ring (bicyclic) bond motifs is 1. The van der Waals surface area contributed by atoms with Gasteiger partial charge in [-0.05, 0) is 12.8 Å². The van der Waals surface area contributed by atoms with Crippen LogP contribution in [0.25, 0.3) is 0 Å². The van der Waals surface area contributed by atoms with E-state index in [2.05, 4.69) is 11.2 Å². The molecule has 0 atom stereocenters. The van der Waals surface area contributed by atoms with Gasteiger partial charge in [0, 0.05) is 22.8 Å². The maximum atomic E-state index is 8.64. The summed E-state index contributed by atoms with van der Waals surface area (Å²) in [6.07, 6.45) is 3.14. The molecule has 0 radical (unpaired) electrons. The third kappa shape index (κ3) is 3.58. The zero-order valence-electron chi connectivity index (χ0n) is 9.49. The van der Waals surface area contributed by atoms with Crippen LogP contribution in [0.2, 0.25) is 0 Å². The summed E-state index contributed by atoms with van der Waals surface area (Å²) in [5, 5.41) is 11.9. The van der Waals surface area contributed by atoms with Crippen molar-refractivity contribution < 1.29 is 22.3 Å². The van der Waals surface area contributed by atoms with E-state index in [0.29, 0.717) is 0 Å². The van der Waals surface area contributed by atoms with Crippen LogP contribution in [-0.4, -0.2) is 10.9 Å². The molecule has 17 heavy (non-hydrogen) atoms. The Balaban J connectivity index is 0.000000205. The first-order valence-corrected chi connectivity index (χ1v) is 5.54. The van der Waals surface area contributed by atoms with E-state index in [1.165, 1.54) is 5.56 Å². The Morgan fingerprint density at radius 3 is 2.53 bits per heavy atom. The summed E-state index contributed by atoms with van der Waals surface area (Å²) in [6.45, 7) is 0. The largest absolute Gasteiger partial charge is 0.411 e. The first-order valence-electron chi connectivity index (χ1n) is 5.54. The summed E-state index contributed by atoms with van der Waals surface area (Å²) in [5.41, 5.74) is 3.30. The zero-order chi connectivity index (χ0) is 11.2. The summed E-state index contributed by atoms with van der Waals surface area (Å²) in [4.78, 5) is 0. The van der Waals surface area contributed by atoms with Gasteiger partial charge < -0.3 is 5.21 Å². The van der Waals surface area contributed by atoms with Crippen LogP contribution in [0.5, 0.6) is 0 Å². The molecule has 0 aliphatic heterocycles. The summed E-state index contributed by atoms with van der Waals surface area (Å²) < 4.78 is 0. The molecule has 0 unspecified atom stereocenters. The maximum Gasteiger partial charge on any atom is 0.0322 e. The number of oxime groups is 1. The standard InChI is InChI=1S/C9H10NO.C5H5.Fe/c11-10-9-6-2-4-7-3-1-5-8(7)9;1-2-4-5-3-1;/h1,3,5,11H,2,4,6H2;1-5H;/q2*-1;/b10-9-;;. The molecule has 1 aliphatic carbocycles. The minimum atomic E-state index is 0. The molecule has 2 aromatic rings. The minimum absolute atomic E-state index is 0. The molecule has 2 aromatic carbocycles. The summed E-state index contributed by atoms with van der Waals surface area (Å²) in [5.74, 6) is 0. The molecule has 3 rings (SSSR count). The van der Waals surface area contributed by atoms with Gasteiger partial charge >= 0.3 is 0 Å². The average molecular weight is 269 g/mol. The Bertz CT molecular complexity index is 425. The van der Waals surface area contributed by atoms with Gasteiger partial charge in [0.1, 0.15) is 0 Å². The second-order valence-electron chi connectivity index (χ2n) is 3.83. The fourth-order valence-corrected chi connectivity index (χ4v) is 1.96. The predicted molar refractivity (Wildman–Crippen MR) is 65.3 cm³/mol. The quantitative estimate of drug-likeness (QED) is 0.338. The Morgan fingerprint density at radius 1 is 1.18 bits per heavy atom. The maximum absolute atomic E-state index is 8.64. The fourth-order valence-electron chi connectivity index (χ4n) is 1.96. The van der Waals surface area contributed by atoms with Crippen molar-refractivity contribution in [1.82, 2.24) is 0 Å². The van der Waals surface area contributed by atoms with Gasteiger partial charge in [-0.1, -0.05) is 6.42 Å². The van der Waals surface area contributed by atoms with Crippen molar-refractivity contribution in [3.63, 3.8) is 0 Å². The van der Waals surface area contributed by atoms with Crippen LogP contribution in [-0.2, 0) is 23.5 Å². The topological polar surface area (TPSA) is 32.6 Å². The third-order valence-corrected chi connectivity index (χ3v) is 2.75. The molecule has 0 bridgehead atoms. The van der Waals surface area contributed by atoms with Gasteiger partial charge in [-0.2, -0.15) is 29.8 Å². The van der Waals surface area contributed by atoms with Crippen molar-refractivity contribution >= 4 is 5.71 Å². The van der Waals surface area contributed by atoms with Crippen molar-refractivity contribution in [1.29, 1.82) is 0 Å². The molecule has 0 aromatic heterocycles. The molecule has 0 heterocycles. The molecule has 0 saturated carbocycles. The molecular formula is C14H15FeNO-2. The van der Waals surface area contributed by atoms with Crippen molar-refractivity contribution in [3.8, 4) is 0 Å². The number of aryl methyl sites for hydroxylation is 1. The second-order valence-corrected chi connectivity index (χ2v) is 3.83. The van der Waals surface area contributed by atoms with Gasteiger partial charge in [-0.15, -0.1) is 10.7 Å². The number of hydrogen-bond donors (Lipinski definition) is 1. The molecule has 0 spiro atoms. The third-order valence-electron chi connectivity index (χ3n) is 2.75. The van der Waals surface area contributed by atoms with Gasteiger partial charge in [-0.25, -0.2) is 24.3 Å². The Kier molecular flexibility index (Phi) is 5.74. The van der Waals surface area contributed by atoms with E-state index in [1.54, 1.807) is 0 Å². The van der Waals surface area contributed by atoms with E-state index < -0.39 is 0 Å². The van der Waals surface area contributed by atoms with Crippen LogP contribution >= 0.6 is 0 Å². The van der Waals surface area contributed by atoms with Gasteiger partial charge in [0.2, 0.25) is 0 Å². The van der Waals surface area contributed by atoms with E-state index in [9.17, 15) is 0 Å². The van der Waals surface area contributed by atoms with Gasteiger partial charge in [-0.3, -0.25) is 0 Å². The smallest absolute Gasteiger partial charge is 0.0322 e. The number of nitrogens with zero attached hydrogens (tertiary/aromatic N) is 1. The van der Waals surface area contributed by atoms with Crippen molar-refractivity contribution in [2.45, 2.75) is 19.3 Å². The Hall–Kier alpha value is -1.31. The summed E-state index contributed by atoms with van der Waals surface area (Å²) >= 11 is 0. The van der Waals surface area contributed by atoms with E-state index in [1.807, 2.05) is 42.5 Å². The molecule has 92 valence electrons. The van der Waals surface area contributed by atoms with Crippen molar-refractivity contribution in [2.24, 2.45) is 5.16 Å².